The van der Waals surface area contributed by atoms with E-state index in [0.717, 1.165) is 17.9 Å². The lowest BCUT2D eigenvalue weighted by Crippen LogP contribution is -2.46. The molecule has 2 fully saturated rings. The van der Waals surface area contributed by atoms with Crippen LogP contribution in [0.5, 0.6) is 6.01 Å². The van der Waals surface area contributed by atoms with Gasteiger partial charge in [0, 0.05) is 50.1 Å². The largest absolute Gasteiger partial charge is 0.465 e. The summed E-state index contributed by atoms with van der Waals surface area (Å²) in [6.45, 7) is 8.32. The summed E-state index contributed by atoms with van der Waals surface area (Å²) in [6, 6.07) is 3.06. The number of ether oxygens (including phenoxy) is 2. The fourth-order valence-corrected chi connectivity index (χ4v) is 5.92. The summed E-state index contributed by atoms with van der Waals surface area (Å²) in [5.41, 5.74) is 0.971. The number of carbonyl (C=O) groups excluding carboxylic acids is 1. The molecule has 2 atom stereocenters. The van der Waals surface area contributed by atoms with Crippen LogP contribution in [0.1, 0.15) is 70.6 Å². The third-order valence-corrected chi connectivity index (χ3v) is 8.01. The average Bonchev–Trinajstić information content (AvgIpc) is 3.42. The summed E-state index contributed by atoms with van der Waals surface area (Å²) in [7, 11) is 2.12. The molecule has 4 rings (SSSR count). The Hall–Kier alpha value is -3.13. The zero-order chi connectivity index (χ0) is 28.2. The Morgan fingerprint density at radius 2 is 1.92 bits per heavy atom. The Labute approximate surface area is 231 Å². The second-order valence-electron chi connectivity index (χ2n) is 12.0. The number of nitrogens with zero attached hydrogens (tertiary/aromatic N) is 6. The highest BCUT2D eigenvalue weighted by atomic mass is 16.6. The molecule has 1 aromatic rings. The van der Waals surface area contributed by atoms with E-state index in [4.69, 9.17) is 14.5 Å². The zero-order valence-corrected chi connectivity index (χ0v) is 23.7. The summed E-state index contributed by atoms with van der Waals surface area (Å²) < 4.78 is 11.7. The van der Waals surface area contributed by atoms with Crippen LogP contribution in [-0.4, -0.2) is 88.4 Å². The normalized spacial score (nSPS) is 21.9. The van der Waals surface area contributed by atoms with Gasteiger partial charge in [0.1, 0.15) is 18.0 Å². The number of aromatic nitrogens is 2. The molecule has 214 valence electrons. The monoisotopic (exact) mass is 542 g/mol. The number of likely N-dealkylation sites (N-methyl/N-ethyl adjacent to an activating group) is 1. The number of hydrogen-bond acceptors (Lipinski definition) is 9. The first-order valence-electron chi connectivity index (χ1n) is 14.1. The maximum absolute atomic E-state index is 12.9. The summed E-state index contributed by atoms with van der Waals surface area (Å²) in [4.78, 5) is 39.8. The molecule has 11 heteroatoms. The molecule has 39 heavy (non-hydrogen) atoms. The van der Waals surface area contributed by atoms with Crippen LogP contribution in [0.15, 0.2) is 0 Å². The number of carbonyl (C=O) groups is 2. The predicted molar refractivity (Wildman–Crippen MR) is 144 cm³/mol. The highest BCUT2D eigenvalue weighted by Gasteiger charge is 2.38. The van der Waals surface area contributed by atoms with Gasteiger partial charge in [-0.2, -0.15) is 15.2 Å². The standard InChI is InChI=1S/C28H42N6O5/c1-28(2,3)39-25(35)21-10-13-33(17-19(21)9-12-29)24-22-11-14-34(27(36)37)18-23(22)30-26(31-24)38-16-15-32(4)20-7-5-6-8-20/h19-21H,5-11,13-18H2,1-4H3,(H,36,37)/t19-,21+/m0/s1. The van der Waals surface area contributed by atoms with Gasteiger partial charge >= 0.3 is 18.1 Å². The van der Waals surface area contributed by atoms with E-state index in [0.29, 0.717) is 50.8 Å². The van der Waals surface area contributed by atoms with Crippen molar-refractivity contribution in [3.63, 3.8) is 0 Å². The smallest absolute Gasteiger partial charge is 0.407 e. The lowest BCUT2D eigenvalue weighted by Gasteiger charge is -2.39. The Morgan fingerprint density at radius 3 is 2.59 bits per heavy atom. The van der Waals surface area contributed by atoms with Crippen molar-refractivity contribution in [2.24, 2.45) is 11.8 Å². The molecule has 0 aromatic carbocycles. The minimum atomic E-state index is -0.978. The van der Waals surface area contributed by atoms with Crippen molar-refractivity contribution in [3.05, 3.63) is 11.3 Å². The topological polar surface area (TPSA) is 132 Å². The minimum absolute atomic E-state index is 0.175. The average molecular weight is 543 g/mol. The van der Waals surface area contributed by atoms with E-state index in [1.54, 1.807) is 0 Å². The number of carboxylic acid groups (broad SMARTS) is 1. The third-order valence-electron chi connectivity index (χ3n) is 8.01. The fourth-order valence-electron chi connectivity index (χ4n) is 5.92. The molecule has 1 aliphatic carbocycles. The number of hydrogen-bond donors (Lipinski definition) is 1. The molecule has 0 spiro atoms. The second kappa shape index (κ2) is 12.4. The molecule has 11 nitrogen and oxygen atoms in total. The van der Waals surface area contributed by atoms with E-state index < -0.39 is 11.7 Å². The highest BCUT2D eigenvalue weighted by Crippen LogP contribution is 2.35. The molecule has 3 aliphatic rings. The van der Waals surface area contributed by atoms with Crippen LogP contribution in [0, 0.1) is 23.2 Å². The van der Waals surface area contributed by atoms with Gasteiger partial charge in [-0.25, -0.2) is 4.79 Å². The van der Waals surface area contributed by atoms with Crippen molar-refractivity contribution >= 4 is 17.9 Å². The van der Waals surface area contributed by atoms with Gasteiger partial charge in [-0.05, 0) is 53.5 Å². The second-order valence-corrected chi connectivity index (χ2v) is 12.0. The van der Waals surface area contributed by atoms with E-state index in [2.05, 4.69) is 27.9 Å². The number of esters is 1. The molecule has 1 amide bonds. The summed E-state index contributed by atoms with van der Waals surface area (Å²) in [5.74, 6) is -0.107. The molecule has 1 saturated heterocycles. The van der Waals surface area contributed by atoms with Crippen LogP contribution in [-0.2, 0) is 22.5 Å². The molecular weight excluding hydrogens is 500 g/mol. The van der Waals surface area contributed by atoms with Crippen LogP contribution in [0.4, 0.5) is 10.6 Å². The first-order valence-corrected chi connectivity index (χ1v) is 14.1. The number of piperidine rings is 1. The van der Waals surface area contributed by atoms with E-state index >= 15 is 0 Å². The lowest BCUT2D eigenvalue weighted by atomic mass is 9.83. The summed E-state index contributed by atoms with van der Waals surface area (Å²) in [6.07, 6.45) is 5.26. The number of nitriles is 1. The summed E-state index contributed by atoms with van der Waals surface area (Å²) >= 11 is 0. The molecular formula is C28H42N6O5. The number of fused-ring (bicyclic) bond motifs is 1. The first-order chi connectivity index (χ1) is 18.6. The Morgan fingerprint density at radius 1 is 1.18 bits per heavy atom. The molecule has 1 N–H and O–H groups in total. The third kappa shape index (κ3) is 7.29. The fraction of sp³-hybridized carbons (Fsp3) is 0.750. The Balaban J connectivity index is 1.54. The lowest BCUT2D eigenvalue weighted by molar-refractivity contribution is -0.162. The van der Waals surface area contributed by atoms with E-state index in [9.17, 15) is 20.0 Å². The van der Waals surface area contributed by atoms with Gasteiger partial charge in [0.25, 0.3) is 0 Å². The van der Waals surface area contributed by atoms with E-state index in [1.807, 2.05) is 20.8 Å². The van der Waals surface area contributed by atoms with Gasteiger partial charge in [-0.1, -0.05) is 12.8 Å². The quantitative estimate of drug-likeness (QED) is 0.487. The van der Waals surface area contributed by atoms with E-state index in [-0.39, 0.29) is 36.8 Å². The summed E-state index contributed by atoms with van der Waals surface area (Å²) in [5, 5.41) is 19.1. The Bertz CT molecular complexity index is 1080. The molecule has 0 unspecified atom stereocenters. The van der Waals surface area contributed by atoms with Gasteiger partial charge in [-0.15, -0.1) is 0 Å². The molecule has 2 aliphatic heterocycles. The molecule has 0 bridgehead atoms. The molecule has 1 aromatic heterocycles. The van der Waals surface area contributed by atoms with Gasteiger partial charge < -0.3 is 29.3 Å². The van der Waals surface area contributed by atoms with Crippen LogP contribution in [0.25, 0.3) is 0 Å². The van der Waals surface area contributed by atoms with Crippen LogP contribution < -0.4 is 9.64 Å². The van der Waals surface area contributed by atoms with Crippen molar-refractivity contribution in [3.8, 4) is 12.1 Å². The molecule has 1 saturated carbocycles. The minimum Gasteiger partial charge on any atom is -0.465 e. The van der Waals surface area contributed by atoms with Gasteiger partial charge in [0.2, 0.25) is 0 Å². The van der Waals surface area contributed by atoms with E-state index in [1.165, 1.54) is 30.6 Å². The predicted octanol–water partition coefficient (Wildman–Crippen LogP) is 3.46. The highest BCUT2D eigenvalue weighted by molar-refractivity contribution is 5.74. The van der Waals surface area contributed by atoms with Crippen LogP contribution >= 0.6 is 0 Å². The van der Waals surface area contributed by atoms with Gasteiger partial charge in [0.15, 0.2) is 0 Å². The number of anilines is 1. The van der Waals surface area contributed by atoms with Gasteiger partial charge in [0.05, 0.1) is 24.2 Å². The molecule has 0 radical (unpaired) electrons. The first kappa shape index (κ1) is 28.9. The van der Waals surface area contributed by atoms with Crippen molar-refractivity contribution in [2.45, 2.75) is 83.9 Å². The van der Waals surface area contributed by atoms with Crippen molar-refractivity contribution in [2.75, 3.05) is 44.7 Å². The van der Waals surface area contributed by atoms with Crippen molar-refractivity contribution < 1.29 is 24.2 Å². The van der Waals surface area contributed by atoms with Crippen molar-refractivity contribution in [1.29, 1.82) is 5.26 Å². The molecule has 3 heterocycles. The van der Waals surface area contributed by atoms with Crippen molar-refractivity contribution in [1.82, 2.24) is 19.8 Å². The Kier molecular flexibility index (Phi) is 9.15. The zero-order valence-electron chi connectivity index (χ0n) is 23.7. The van der Waals surface area contributed by atoms with Gasteiger partial charge in [-0.3, -0.25) is 4.79 Å². The van der Waals surface area contributed by atoms with Crippen LogP contribution in [0.3, 0.4) is 0 Å². The maximum atomic E-state index is 12.9. The number of amides is 1. The van der Waals surface area contributed by atoms with Crippen LogP contribution in [0.2, 0.25) is 0 Å². The maximum Gasteiger partial charge on any atom is 0.407 e. The number of rotatable bonds is 8. The SMILES string of the molecule is CN(CCOc1nc2c(c(N3CC[C@@H](C(=O)OC(C)(C)C)[C@@H](CC#N)C3)n1)CCN(C(=O)O)C2)C1CCCC1.